The van der Waals surface area contributed by atoms with Crippen LogP contribution in [0, 0.1) is 5.82 Å². The molecular formula is C17H16ClFN4O3. The highest BCUT2D eigenvalue weighted by molar-refractivity contribution is 6.38. The second-order valence-corrected chi connectivity index (χ2v) is 7.18. The van der Waals surface area contributed by atoms with Crippen LogP contribution in [0.1, 0.15) is 18.9 Å². The molecule has 1 aliphatic heterocycles. The number of piperazine rings is 1. The Hall–Kier alpha value is -2.32. The number of hydrogen-bond acceptors (Lipinski definition) is 5. The average Bonchev–Trinajstić information content (AvgIpc) is 3.39. The minimum atomic E-state index is -0.607. The lowest BCUT2D eigenvalue weighted by Crippen LogP contribution is -2.44. The van der Waals surface area contributed by atoms with Crippen LogP contribution in [0.2, 0.25) is 5.02 Å². The van der Waals surface area contributed by atoms with Crippen molar-refractivity contribution in [3.63, 3.8) is 0 Å². The summed E-state index contributed by atoms with van der Waals surface area (Å²) in [6, 6.07) is 1.28. The standard InChI is InChI=1S/C17H16ClFN4O3/c18-12-13-9(7-10(19)14(12)22-5-3-20-4-6-22)15(24)11-16(25)21-26-17(11)23(13)8-1-2-8/h7-8,20H,1-6H2,(H,21,25). The number of benzene rings is 1. The quantitative estimate of drug-likeness (QED) is 0.712. The van der Waals surface area contributed by atoms with Gasteiger partial charge >= 0.3 is 0 Å². The number of halogens is 2. The molecule has 5 rings (SSSR count). The van der Waals surface area contributed by atoms with Crippen molar-refractivity contribution in [3.8, 4) is 0 Å². The summed E-state index contributed by atoms with van der Waals surface area (Å²) in [6.45, 7) is 2.71. The second kappa shape index (κ2) is 5.59. The van der Waals surface area contributed by atoms with Crippen LogP contribution in [-0.4, -0.2) is 35.9 Å². The van der Waals surface area contributed by atoms with E-state index in [0.717, 1.165) is 25.9 Å². The molecule has 2 aliphatic rings. The molecule has 1 saturated heterocycles. The third-order valence-electron chi connectivity index (χ3n) is 5.13. The van der Waals surface area contributed by atoms with Crippen LogP contribution in [0.3, 0.4) is 0 Å². The first-order valence-electron chi connectivity index (χ1n) is 8.61. The molecule has 0 bridgehead atoms. The van der Waals surface area contributed by atoms with Crippen molar-refractivity contribution < 1.29 is 8.91 Å². The van der Waals surface area contributed by atoms with E-state index >= 15 is 0 Å². The van der Waals surface area contributed by atoms with Crippen molar-refractivity contribution in [2.75, 3.05) is 31.1 Å². The topological polar surface area (TPSA) is 83.3 Å². The number of pyridine rings is 1. The zero-order valence-electron chi connectivity index (χ0n) is 13.8. The predicted octanol–water partition coefficient (Wildman–Crippen LogP) is 1.97. The molecule has 0 amide bonds. The van der Waals surface area contributed by atoms with E-state index in [1.807, 2.05) is 4.90 Å². The second-order valence-electron chi connectivity index (χ2n) is 6.80. The number of aromatic nitrogens is 2. The highest BCUT2D eigenvalue weighted by atomic mass is 35.5. The summed E-state index contributed by atoms with van der Waals surface area (Å²) in [5.41, 5.74) is -0.260. The largest absolute Gasteiger partial charge is 0.365 e. The Morgan fingerprint density at radius 1 is 1.23 bits per heavy atom. The van der Waals surface area contributed by atoms with Crippen LogP contribution in [0.5, 0.6) is 0 Å². The van der Waals surface area contributed by atoms with Gasteiger partial charge in [-0.2, -0.15) is 5.16 Å². The van der Waals surface area contributed by atoms with Crippen LogP contribution in [-0.2, 0) is 0 Å². The van der Waals surface area contributed by atoms with E-state index in [4.69, 9.17) is 16.1 Å². The van der Waals surface area contributed by atoms with Crippen molar-refractivity contribution in [3.05, 3.63) is 37.5 Å². The highest BCUT2D eigenvalue weighted by Gasteiger charge is 2.32. The number of anilines is 1. The molecule has 3 heterocycles. The minimum Gasteiger partial charge on any atom is -0.365 e. The molecule has 0 atom stereocenters. The number of nitrogens with zero attached hydrogens (tertiary/aromatic N) is 2. The molecule has 0 spiro atoms. The summed E-state index contributed by atoms with van der Waals surface area (Å²) < 4.78 is 22.0. The van der Waals surface area contributed by atoms with Crippen molar-refractivity contribution in [1.82, 2.24) is 15.0 Å². The van der Waals surface area contributed by atoms with Crippen LogP contribution >= 0.6 is 11.6 Å². The summed E-state index contributed by atoms with van der Waals surface area (Å²) in [6.07, 6.45) is 1.78. The smallest absolute Gasteiger partial charge is 0.293 e. The first kappa shape index (κ1) is 15.9. The number of H-pyrrole nitrogens is 1. The van der Waals surface area contributed by atoms with Gasteiger partial charge in [-0.05, 0) is 18.9 Å². The van der Waals surface area contributed by atoms with Gasteiger partial charge in [-0.1, -0.05) is 11.6 Å². The molecule has 2 aromatic heterocycles. The van der Waals surface area contributed by atoms with Gasteiger partial charge in [-0.3, -0.25) is 9.59 Å². The fourth-order valence-corrected chi connectivity index (χ4v) is 4.17. The number of fused-ring (bicyclic) bond motifs is 2. The summed E-state index contributed by atoms with van der Waals surface area (Å²) >= 11 is 6.64. The van der Waals surface area contributed by atoms with Crippen LogP contribution < -0.4 is 21.2 Å². The number of aromatic amines is 1. The van der Waals surface area contributed by atoms with E-state index in [-0.39, 0.29) is 27.6 Å². The Bertz CT molecular complexity index is 1150. The Morgan fingerprint density at radius 2 is 1.96 bits per heavy atom. The summed E-state index contributed by atoms with van der Waals surface area (Å²) in [4.78, 5) is 26.7. The molecule has 2 N–H and O–H groups in total. The molecule has 1 aliphatic carbocycles. The molecule has 1 saturated carbocycles. The maximum Gasteiger partial charge on any atom is 0.293 e. The van der Waals surface area contributed by atoms with Gasteiger partial charge < -0.3 is 19.3 Å². The molecule has 0 unspecified atom stereocenters. The molecule has 26 heavy (non-hydrogen) atoms. The molecule has 1 aromatic carbocycles. The fraction of sp³-hybridized carbons (Fsp3) is 0.412. The van der Waals surface area contributed by atoms with E-state index in [9.17, 15) is 14.0 Å². The SMILES string of the molecule is O=c1[nH]oc2c1c(=O)c1cc(F)c(N3CCNCC3)c(Cl)c1n2C1CC1. The zero-order chi connectivity index (χ0) is 18.0. The first-order chi connectivity index (χ1) is 12.6. The molecule has 3 aromatic rings. The Labute approximate surface area is 151 Å². The summed E-state index contributed by atoms with van der Waals surface area (Å²) in [5, 5.41) is 5.65. The van der Waals surface area contributed by atoms with Crippen LogP contribution in [0.15, 0.2) is 20.2 Å². The molecular weight excluding hydrogens is 363 g/mol. The molecule has 9 heteroatoms. The van der Waals surface area contributed by atoms with Gasteiger partial charge in [-0.25, -0.2) is 4.39 Å². The van der Waals surface area contributed by atoms with E-state index in [1.54, 1.807) is 4.57 Å². The van der Waals surface area contributed by atoms with E-state index in [1.165, 1.54) is 6.07 Å². The van der Waals surface area contributed by atoms with E-state index < -0.39 is 16.8 Å². The Balaban J connectivity index is 1.92. The van der Waals surface area contributed by atoms with E-state index in [0.29, 0.717) is 24.3 Å². The van der Waals surface area contributed by atoms with Crippen molar-refractivity contribution in [2.24, 2.45) is 0 Å². The van der Waals surface area contributed by atoms with Gasteiger partial charge in [0.1, 0.15) is 5.82 Å². The van der Waals surface area contributed by atoms with Gasteiger partial charge in [0, 0.05) is 32.2 Å². The fourth-order valence-electron chi connectivity index (χ4n) is 3.77. The molecule has 136 valence electrons. The van der Waals surface area contributed by atoms with Gasteiger partial charge in [0.2, 0.25) is 11.1 Å². The molecule has 7 nitrogen and oxygen atoms in total. The predicted molar refractivity (Wildman–Crippen MR) is 96.9 cm³/mol. The van der Waals surface area contributed by atoms with Crippen molar-refractivity contribution in [1.29, 1.82) is 0 Å². The van der Waals surface area contributed by atoms with Crippen LogP contribution in [0.25, 0.3) is 22.0 Å². The maximum absolute atomic E-state index is 14.9. The number of rotatable bonds is 2. The lowest BCUT2D eigenvalue weighted by Gasteiger charge is -2.31. The normalized spacial score (nSPS) is 18.2. The van der Waals surface area contributed by atoms with Crippen LogP contribution in [0.4, 0.5) is 10.1 Å². The van der Waals surface area contributed by atoms with Gasteiger partial charge in [0.05, 0.1) is 21.6 Å². The summed E-state index contributed by atoms with van der Waals surface area (Å²) in [5.74, 6) is -0.553. The lowest BCUT2D eigenvalue weighted by molar-refractivity contribution is 0.428. The monoisotopic (exact) mass is 378 g/mol. The molecule has 0 radical (unpaired) electrons. The average molecular weight is 379 g/mol. The lowest BCUT2D eigenvalue weighted by atomic mass is 10.1. The minimum absolute atomic E-state index is 0.0818. The first-order valence-corrected chi connectivity index (χ1v) is 8.98. The zero-order valence-corrected chi connectivity index (χ0v) is 14.5. The number of nitrogens with one attached hydrogen (secondary N) is 2. The Morgan fingerprint density at radius 3 is 2.65 bits per heavy atom. The van der Waals surface area contributed by atoms with Gasteiger partial charge in [0.25, 0.3) is 5.56 Å². The van der Waals surface area contributed by atoms with Crippen molar-refractivity contribution >= 4 is 39.3 Å². The molecule has 2 fully saturated rings. The van der Waals surface area contributed by atoms with E-state index in [2.05, 4.69) is 10.5 Å². The maximum atomic E-state index is 14.9. The van der Waals surface area contributed by atoms with Gasteiger partial charge in [0.15, 0.2) is 5.39 Å². The highest BCUT2D eigenvalue weighted by Crippen LogP contribution is 2.43. The third kappa shape index (κ3) is 2.15. The van der Waals surface area contributed by atoms with Gasteiger partial charge in [-0.15, -0.1) is 0 Å². The third-order valence-corrected chi connectivity index (χ3v) is 5.48. The number of hydrogen-bond donors (Lipinski definition) is 2. The van der Waals surface area contributed by atoms with Crippen molar-refractivity contribution in [2.45, 2.75) is 18.9 Å². The Kier molecular flexibility index (Phi) is 3.42. The summed E-state index contributed by atoms with van der Waals surface area (Å²) in [7, 11) is 0.